The molecular weight excluding hydrogens is 467 g/mol. The summed E-state index contributed by atoms with van der Waals surface area (Å²) in [4.78, 5) is 16.0. The Morgan fingerprint density at radius 1 is 1.00 bits per heavy atom. The third kappa shape index (κ3) is 5.99. The van der Waals surface area contributed by atoms with Gasteiger partial charge in [-0.05, 0) is 36.4 Å². The number of carbonyl (C=O) groups is 1. The van der Waals surface area contributed by atoms with Crippen LogP contribution in [0.3, 0.4) is 0 Å². The van der Waals surface area contributed by atoms with Crippen LogP contribution in [0.25, 0.3) is 0 Å². The molecule has 0 bridgehead atoms. The van der Waals surface area contributed by atoms with Crippen molar-refractivity contribution in [2.75, 3.05) is 5.32 Å². The Morgan fingerprint density at radius 2 is 1.64 bits per heavy atom. The number of aromatic nitrogens is 2. The quantitative estimate of drug-likeness (QED) is 0.324. The smallest absolute Gasteiger partial charge is 0.573 e. The van der Waals surface area contributed by atoms with Crippen LogP contribution in [0.2, 0.25) is 0 Å². The Bertz CT molecular complexity index is 1170. The summed E-state index contributed by atoms with van der Waals surface area (Å²) in [5.41, 5.74) is -3.19. The lowest BCUT2D eigenvalue weighted by Crippen LogP contribution is -2.27. The molecule has 0 spiro atoms. The Morgan fingerprint density at radius 3 is 2.21 bits per heavy atom. The maximum Gasteiger partial charge on any atom is 0.573 e. The van der Waals surface area contributed by atoms with Gasteiger partial charge >= 0.3 is 12.5 Å². The number of benzene rings is 2. The van der Waals surface area contributed by atoms with E-state index >= 15 is 0 Å². The third-order valence-corrected chi connectivity index (χ3v) is 3.84. The van der Waals surface area contributed by atoms with Crippen molar-refractivity contribution in [3.05, 3.63) is 77.3 Å². The molecule has 33 heavy (non-hydrogen) atoms. The van der Waals surface area contributed by atoms with Gasteiger partial charge in [-0.2, -0.15) is 13.2 Å². The molecule has 0 saturated carbocycles. The van der Waals surface area contributed by atoms with Crippen molar-refractivity contribution < 1.29 is 49.7 Å². The minimum Gasteiger partial charge on any atom is -0.711 e. The molecule has 1 amide bonds. The van der Waals surface area contributed by atoms with Crippen molar-refractivity contribution in [1.82, 2.24) is 4.98 Å². The largest absolute Gasteiger partial charge is 0.711 e. The van der Waals surface area contributed by atoms with Gasteiger partial charge in [0.05, 0.1) is 5.56 Å². The van der Waals surface area contributed by atoms with Crippen LogP contribution in [0.5, 0.6) is 17.2 Å². The van der Waals surface area contributed by atoms with E-state index in [-0.39, 0.29) is 16.2 Å². The lowest BCUT2D eigenvalue weighted by Gasteiger charge is -2.16. The van der Waals surface area contributed by atoms with E-state index in [0.717, 1.165) is 43.0 Å². The van der Waals surface area contributed by atoms with E-state index in [2.05, 4.69) is 9.72 Å². The summed E-state index contributed by atoms with van der Waals surface area (Å²) in [6, 6.07) is 4.59. The van der Waals surface area contributed by atoms with Crippen molar-refractivity contribution in [2.24, 2.45) is 0 Å². The van der Waals surface area contributed by atoms with Crippen molar-refractivity contribution >= 4 is 11.6 Å². The second kappa shape index (κ2) is 8.80. The predicted molar refractivity (Wildman–Crippen MR) is 95.8 cm³/mol. The second-order valence-electron chi connectivity index (χ2n) is 6.21. The molecular formula is C19H10F7N3O4. The molecule has 1 heterocycles. The molecule has 0 aliphatic carbocycles. The number of alkyl halides is 6. The molecule has 0 unspecified atom stereocenters. The SMILES string of the molecule is O=C(Nc1cnc[n+]([O-])c1)c1c(Oc2ccc(OC(F)(F)F)cc2)ccc(C(F)(F)F)c1F. The first-order valence-electron chi connectivity index (χ1n) is 8.62. The summed E-state index contributed by atoms with van der Waals surface area (Å²) in [5.74, 6) is -4.90. The molecule has 2 aromatic carbocycles. The van der Waals surface area contributed by atoms with Crippen LogP contribution in [0, 0.1) is 11.0 Å². The van der Waals surface area contributed by atoms with Crippen molar-refractivity contribution in [2.45, 2.75) is 12.5 Å². The number of rotatable bonds is 5. The van der Waals surface area contributed by atoms with E-state index in [1.807, 2.05) is 5.32 Å². The van der Waals surface area contributed by atoms with Crippen LogP contribution in [0.15, 0.2) is 55.1 Å². The lowest BCUT2D eigenvalue weighted by molar-refractivity contribution is -0.608. The maximum atomic E-state index is 14.7. The fraction of sp³-hybridized carbons (Fsp3) is 0.105. The van der Waals surface area contributed by atoms with Gasteiger partial charge in [-0.25, -0.2) is 9.12 Å². The van der Waals surface area contributed by atoms with E-state index < -0.39 is 46.9 Å². The first-order chi connectivity index (χ1) is 15.3. The maximum absolute atomic E-state index is 14.7. The Labute approximate surface area is 179 Å². The number of hydrogen-bond acceptors (Lipinski definition) is 5. The summed E-state index contributed by atoms with van der Waals surface area (Å²) < 4.78 is 100. The van der Waals surface area contributed by atoms with Gasteiger partial charge in [-0.15, -0.1) is 13.2 Å². The molecule has 174 valence electrons. The number of amides is 1. The fourth-order valence-corrected chi connectivity index (χ4v) is 2.55. The van der Waals surface area contributed by atoms with Crippen LogP contribution in [0.4, 0.5) is 36.4 Å². The van der Waals surface area contributed by atoms with Gasteiger partial charge < -0.3 is 20.0 Å². The van der Waals surface area contributed by atoms with E-state index in [4.69, 9.17) is 4.74 Å². The lowest BCUT2D eigenvalue weighted by atomic mass is 10.1. The highest BCUT2D eigenvalue weighted by Crippen LogP contribution is 2.37. The fourth-order valence-electron chi connectivity index (χ4n) is 2.55. The molecule has 14 heteroatoms. The molecule has 3 aromatic rings. The molecule has 0 aliphatic heterocycles. The van der Waals surface area contributed by atoms with Crippen LogP contribution >= 0.6 is 0 Å². The van der Waals surface area contributed by atoms with Crippen molar-refractivity contribution in [3.63, 3.8) is 0 Å². The number of nitrogens with one attached hydrogen (secondary N) is 1. The van der Waals surface area contributed by atoms with Crippen molar-refractivity contribution in [3.8, 4) is 17.2 Å². The minimum absolute atomic E-state index is 0.181. The molecule has 0 atom stereocenters. The number of hydrogen-bond donors (Lipinski definition) is 1. The zero-order valence-corrected chi connectivity index (χ0v) is 15.9. The highest BCUT2D eigenvalue weighted by atomic mass is 19.4. The van der Waals surface area contributed by atoms with Gasteiger partial charge in [0.25, 0.3) is 12.2 Å². The third-order valence-electron chi connectivity index (χ3n) is 3.84. The van der Waals surface area contributed by atoms with E-state index in [0.29, 0.717) is 12.1 Å². The summed E-state index contributed by atoms with van der Waals surface area (Å²) in [6.45, 7) is 0. The van der Waals surface area contributed by atoms with E-state index in [9.17, 15) is 40.7 Å². The summed E-state index contributed by atoms with van der Waals surface area (Å²) in [5, 5.41) is 13.3. The molecule has 0 fully saturated rings. The number of anilines is 1. The monoisotopic (exact) mass is 477 g/mol. The summed E-state index contributed by atoms with van der Waals surface area (Å²) in [6.07, 6.45) is -7.49. The van der Waals surface area contributed by atoms with E-state index in [1.54, 1.807) is 0 Å². The molecule has 0 saturated heterocycles. The molecule has 7 nitrogen and oxygen atoms in total. The Hall–Kier alpha value is -4.10. The van der Waals surface area contributed by atoms with Crippen LogP contribution in [-0.4, -0.2) is 17.3 Å². The molecule has 1 N–H and O–H groups in total. The Balaban J connectivity index is 1.97. The first kappa shape index (κ1) is 23.6. The molecule has 0 aliphatic rings. The standard InChI is InChI=1S/C19H10F7N3O4/c20-16-13(18(21,22)23)5-6-14(15(16)17(30)28-10-7-27-9-29(31)8-10)32-11-1-3-12(4-2-11)33-19(24,25)26/h1-9H,(H,28,30). The van der Waals surface area contributed by atoms with Gasteiger partial charge in [-0.3, -0.25) is 4.79 Å². The number of halogens is 7. The Kier molecular flexibility index (Phi) is 6.28. The highest BCUT2D eigenvalue weighted by Gasteiger charge is 2.37. The zero-order valence-electron chi connectivity index (χ0n) is 15.9. The average Bonchev–Trinajstić information content (AvgIpc) is 2.67. The average molecular weight is 477 g/mol. The van der Waals surface area contributed by atoms with E-state index in [1.165, 1.54) is 0 Å². The summed E-state index contributed by atoms with van der Waals surface area (Å²) >= 11 is 0. The normalized spacial score (nSPS) is 11.7. The van der Waals surface area contributed by atoms with Crippen LogP contribution < -0.4 is 19.5 Å². The topological polar surface area (TPSA) is 87.4 Å². The van der Waals surface area contributed by atoms with Crippen molar-refractivity contribution in [1.29, 1.82) is 0 Å². The number of ether oxygens (including phenoxy) is 2. The summed E-state index contributed by atoms with van der Waals surface area (Å²) in [7, 11) is 0. The number of nitrogens with zero attached hydrogens (tertiary/aromatic N) is 2. The number of carbonyl (C=O) groups excluding carboxylic acids is 1. The van der Waals surface area contributed by atoms with Gasteiger partial charge in [0.1, 0.15) is 34.7 Å². The minimum atomic E-state index is -5.15. The van der Waals surface area contributed by atoms with Gasteiger partial charge in [0.15, 0.2) is 12.0 Å². The van der Waals surface area contributed by atoms with Gasteiger partial charge in [-0.1, -0.05) is 4.98 Å². The van der Waals surface area contributed by atoms with Gasteiger partial charge in [0, 0.05) is 0 Å². The first-order valence-corrected chi connectivity index (χ1v) is 8.62. The molecule has 0 radical (unpaired) electrons. The molecule has 3 rings (SSSR count). The second-order valence-corrected chi connectivity index (χ2v) is 6.21. The van der Waals surface area contributed by atoms with Crippen LogP contribution in [0.1, 0.15) is 15.9 Å². The van der Waals surface area contributed by atoms with Crippen LogP contribution in [-0.2, 0) is 6.18 Å². The highest BCUT2D eigenvalue weighted by molar-refractivity contribution is 6.06. The molecule has 1 aromatic heterocycles. The zero-order chi connectivity index (χ0) is 24.4. The predicted octanol–water partition coefficient (Wildman–Crippen LogP) is 4.82. The van der Waals surface area contributed by atoms with Gasteiger partial charge in [0.2, 0.25) is 0 Å².